The van der Waals surface area contributed by atoms with Gasteiger partial charge < -0.3 is 0 Å². The average molecular weight is 599 g/mol. The first-order chi connectivity index (χ1) is 16.6. The predicted molar refractivity (Wildman–Crippen MR) is 134 cm³/mol. The van der Waals surface area contributed by atoms with E-state index in [4.69, 9.17) is 4.98 Å². The molecule has 1 aliphatic rings. The van der Waals surface area contributed by atoms with Gasteiger partial charge in [-0.15, -0.1) is 0 Å². The molecule has 0 saturated heterocycles. The number of carbonyl (C=O) groups excluding carboxylic acids is 1. The second kappa shape index (κ2) is 12.3. The molecule has 2 heterocycles. The van der Waals surface area contributed by atoms with Crippen molar-refractivity contribution >= 4 is 36.4 Å². The van der Waals surface area contributed by atoms with Crippen molar-refractivity contribution in [2.75, 3.05) is 0 Å². The van der Waals surface area contributed by atoms with E-state index in [1.807, 2.05) is 6.92 Å². The van der Waals surface area contributed by atoms with Gasteiger partial charge in [0.25, 0.3) is 0 Å². The number of carbonyl (C=O) groups is 1. The van der Waals surface area contributed by atoms with Crippen LogP contribution in [0.2, 0.25) is 3.43 Å². The fourth-order valence-corrected chi connectivity index (χ4v) is 10.2. The Morgan fingerprint density at radius 3 is 2.17 bits per heavy atom. The molecule has 1 fully saturated rings. The molecule has 1 aliphatic carbocycles. The Labute approximate surface area is 217 Å². The summed E-state index contributed by atoms with van der Waals surface area (Å²) < 4.78 is 43.5. The number of amides is 1. The summed E-state index contributed by atoms with van der Waals surface area (Å²) in [6, 6.07) is 0.283. The number of unbranched alkanes of at least 4 members (excludes halogenated alkanes) is 3. The van der Waals surface area contributed by atoms with Gasteiger partial charge >= 0.3 is 218 Å². The first kappa shape index (κ1) is 28.3. The zero-order valence-electron chi connectivity index (χ0n) is 21.5. The predicted octanol–water partition coefficient (Wildman–Crippen LogP) is 6.17. The number of nitrogens with one attached hydrogen (secondary N) is 1. The Balaban J connectivity index is 1.92. The molecule has 35 heavy (non-hydrogen) atoms. The summed E-state index contributed by atoms with van der Waals surface area (Å²) in [5.41, 5.74) is 1.38. The number of nitrogens with zero attached hydrogens (tertiary/aromatic N) is 3. The van der Waals surface area contributed by atoms with Gasteiger partial charge in [0.15, 0.2) is 0 Å². The molecule has 5 nitrogen and oxygen atoms in total. The molecule has 0 unspecified atom stereocenters. The number of halogens is 3. The van der Waals surface area contributed by atoms with E-state index in [1.165, 1.54) is 64.0 Å². The van der Waals surface area contributed by atoms with Crippen LogP contribution in [0.5, 0.6) is 0 Å². The Bertz CT molecular complexity index is 965. The van der Waals surface area contributed by atoms with Crippen LogP contribution in [0, 0.1) is 12.8 Å². The summed E-state index contributed by atoms with van der Waals surface area (Å²) in [4.78, 5) is 17.8. The Morgan fingerprint density at radius 2 is 1.69 bits per heavy atom. The van der Waals surface area contributed by atoms with Gasteiger partial charge in [-0.05, 0) is 0 Å². The number of aromatic nitrogens is 3. The van der Waals surface area contributed by atoms with Gasteiger partial charge in [0, 0.05) is 0 Å². The second-order valence-electron chi connectivity index (χ2n) is 10.1. The maximum absolute atomic E-state index is 13.5. The van der Waals surface area contributed by atoms with E-state index in [0.29, 0.717) is 21.9 Å². The van der Waals surface area contributed by atoms with Crippen LogP contribution in [-0.4, -0.2) is 53.9 Å². The van der Waals surface area contributed by atoms with Crippen molar-refractivity contribution < 1.29 is 18.0 Å². The number of aryl methyl sites for hydroxylation is 1. The van der Waals surface area contributed by atoms with Crippen LogP contribution in [0.15, 0.2) is 12.3 Å². The van der Waals surface area contributed by atoms with Crippen LogP contribution in [0.25, 0.3) is 5.65 Å². The van der Waals surface area contributed by atoms with Gasteiger partial charge in [-0.2, -0.15) is 0 Å². The van der Waals surface area contributed by atoms with E-state index in [2.05, 4.69) is 37.3 Å². The van der Waals surface area contributed by atoms with Gasteiger partial charge in [-0.3, -0.25) is 0 Å². The van der Waals surface area contributed by atoms with Crippen LogP contribution in [-0.2, 0) is 0 Å². The molecule has 0 bridgehead atoms. The van der Waals surface area contributed by atoms with Crippen molar-refractivity contribution in [2.24, 2.45) is 5.92 Å². The zero-order chi connectivity index (χ0) is 25.6. The first-order valence-corrected chi connectivity index (χ1v) is 16.0. The van der Waals surface area contributed by atoms with E-state index >= 15 is 0 Å². The Kier molecular flexibility index (Phi) is 9.91. The molecule has 9 heteroatoms. The third kappa shape index (κ3) is 7.35. The van der Waals surface area contributed by atoms with Crippen molar-refractivity contribution in [3.05, 3.63) is 23.5 Å². The number of hydrogen-bond donors (Lipinski definition) is 1. The van der Waals surface area contributed by atoms with Gasteiger partial charge in [0.2, 0.25) is 0 Å². The van der Waals surface area contributed by atoms with Crippen molar-refractivity contribution in [1.82, 2.24) is 19.9 Å². The number of alkyl halides is 3. The SMILES string of the molecule is CCCC[C](CCCC)(CCCC)[Sn][c]1cc(C)n2ncc(C(=O)N[C@@H](C3CC3)C(F)(F)F)c2n1. The van der Waals surface area contributed by atoms with Crippen LogP contribution in [0.3, 0.4) is 0 Å². The zero-order valence-corrected chi connectivity index (χ0v) is 24.3. The molecule has 1 N–H and O–H groups in total. The molecule has 194 valence electrons. The minimum atomic E-state index is -4.46. The van der Waals surface area contributed by atoms with Crippen molar-refractivity contribution in [3.8, 4) is 0 Å². The van der Waals surface area contributed by atoms with Crippen molar-refractivity contribution in [2.45, 2.75) is 114 Å². The summed E-state index contributed by atoms with van der Waals surface area (Å²) in [5.74, 6) is -1.27. The van der Waals surface area contributed by atoms with E-state index in [-0.39, 0.29) is 5.56 Å². The number of rotatable bonds is 14. The van der Waals surface area contributed by atoms with Gasteiger partial charge in [0.05, 0.1) is 0 Å². The average Bonchev–Trinajstić information content (AvgIpc) is 3.55. The van der Waals surface area contributed by atoms with Crippen LogP contribution < -0.4 is 9.03 Å². The van der Waals surface area contributed by atoms with Crippen molar-refractivity contribution in [3.63, 3.8) is 0 Å². The summed E-state index contributed by atoms with van der Waals surface area (Å²) in [6.07, 6.45) is 8.62. The monoisotopic (exact) mass is 600 g/mol. The van der Waals surface area contributed by atoms with Crippen molar-refractivity contribution in [1.29, 1.82) is 0 Å². The Hall–Kier alpha value is -1.32. The number of hydrogen-bond acceptors (Lipinski definition) is 3. The molecule has 0 aliphatic heterocycles. The van der Waals surface area contributed by atoms with E-state index in [0.717, 1.165) is 9.40 Å². The van der Waals surface area contributed by atoms with E-state index in [1.54, 1.807) is 4.52 Å². The minimum absolute atomic E-state index is 0.130. The molecule has 0 aromatic carbocycles. The van der Waals surface area contributed by atoms with E-state index in [9.17, 15) is 18.0 Å². The molecule has 2 aromatic heterocycles. The van der Waals surface area contributed by atoms with Gasteiger partial charge in [-0.1, -0.05) is 0 Å². The summed E-state index contributed by atoms with van der Waals surface area (Å²) in [7, 11) is 0. The molecular weight excluding hydrogens is 560 g/mol. The topological polar surface area (TPSA) is 59.3 Å². The third-order valence-corrected chi connectivity index (χ3v) is 12.2. The molecular formula is C26H39F3N4OSn. The first-order valence-electron chi connectivity index (χ1n) is 13.1. The normalized spacial score (nSPS) is 15.5. The van der Waals surface area contributed by atoms with Gasteiger partial charge in [-0.25, -0.2) is 0 Å². The second-order valence-corrected chi connectivity index (χ2v) is 15.3. The fraction of sp³-hybridized carbons (Fsp3) is 0.731. The molecule has 1 amide bonds. The molecule has 3 rings (SSSR count). The summed E-state index contributed by atoms with van der Waals surface area (Å²) >= 11 is -1.17. The van der Waals surface area contributed by atoms with Crippen LogP contribution >= 0.6 is 0 Å². The summed E-state index contributed by atoms with van der Waals surface area (Å²) in [5, 5.41) is 6.53. The molecule has 2 radical (unpaired) electrons. The molecule has 1 saturated carbocycles. The molecule has 0 spiro atoms. The maximum atomic E-state index is 13.5. The third-order valence-electron chi connectivity index (χ3n) is 7.05. The molecule has 2 aromatic rings. The number of fused-ring (bicyclic) bond motifs is 1. The quantitative estimate of drug-likeness (QED) is 0.265. The van der Waals surface area contributed by atoms with Crippen LogP contribution in [0.4, 0.5) is 13.2 Å². The van der Waals surface area contributed by atoms with E-state index < -0.39 is 45.2 Å². The Morgan fingerprint density at radius 1 is 1.11 bits per heavy atom. The standard InChI is InChI=1S/C13H12F3N4O.C13H27.Sn/c1-7-4-5-17-11-9(6-18-20(7)11)12(21)19-10(8-2-3-8)13(14,15)16;1-4-7-10-13(11-8-5-2)12-9-6-3;/h4,6,8,10H,2-3H2,1H3,(H,19,21);4-12H2,1-3H3;/t10-;;/m0../s1. The van der Waals surface area contributed by atoms with Crippen LogP contribution in [0.1, 0.15) is 107 Å². The molecule has 1 atom stereocenters. The van der Waals surface area contributed by atoms with Gasteiger partial charge in [0.1, 0.15) is 0 Å². The fourth-order valence-electron chi connectivity index (χ4n) is 4.83. The summed E-state index contributed by atoms with van der Waals surface area (Å²) in [6.45, 7) is 8.63.